The van der Waals surface area contributed by atoms with Crippen molar-refractivity contribution in [2.24, 2.45) is 11.8 Å². The maximum atomic E-state index is 11.8. The molecule has 1 fully saturated rings. The first kappa shape index (κ1) is 14.8. The second-order valence-electron chi connectivity index (χ2n) is 5.53. The van der Waals surface area contributed by atoms with Crippen LogP contribution in [0.2, 0.25) is 0 Å². The van der Waals surface area contributed by atoms with Gasteiger partial charge < -0.3 is 5.32 Å². The average Bonchev–Trinajstić information content (AvgIpc) is 3.02. The highest BCUT2D eigenvalue weighted by molar-refractivity contribution is 8.13. The van der Waals surface area contributed by atoms with Gasteiger partial charge in [0.25, 0.3) is 5.24 Å². The molecule has 2 rings (SSSR count). The summed E-state index contributed by atoms with van der Waals surface area (Å²) < 4.78 is 0. The van der Waals surface area contributed by atoms with Crippen LogP contribution in [-0.2, 0) is 0 Å². The summed E-state index contributed by atoms with van der Waals surface area (Å²) >= 11 is 3.15. The Morgan fingerprint density at radius 3 is 2.74 bits per heavy atom. The zero-order chi connectivity index (χ0) is 13.8. The fraction of sp³-hybridized carbons (Fsp3) is 0.533. The summed E-state index contributed by atoms with van der Waals surface area (Å²) in [6.07, 6.45) is 1.12. The number of rotatable bonds is 5. The van der Waals surface area contributed by atoms with Crippen molar-refractivity contribution < 1.29 is 4.79 Å². The molecule has 0 spiro atoms. The fourth-order valence-electron chi connectivity index (χ4n) is 1.70. The molecule has 0 aromatic heterocycles. The molecule has 1 aromatic rings. The maximum Gasteiger partial charge on any atom is 0.284 e. The van der Waals surface area contributed by atoms with Crippen molar-refractivity contribution in [3.8, 4) is 0 Å². The van der Waals surface area contributed by atoms with Crippen LogP contribution in [-0.4, -0.2) is 17.0 Å². The second-order valence-corrected chi connectivity index (χ2v) is 7.67. The van der Waals surface area contributed by atoms with E-state index < -0.39 is 0 Å². The Balaban J connectivity index is 1.85. The lowest BCUT2D eigenvalue weighted by atomic mass is 10.3. The number of carbonyl (C=O) groups excluding carboxylic acids is 1. The van der Waals surface area contributed by atoms with Crippen molar-refractivity contribution in [1.82, 2.24) is 5.32 Å². The lowest BCUT2D eigenvalue weighted by Crippen LogP contribution is -2.21. The monoisotopic (exact) mass is 295 g/mol. The number of hydrogen-bond donors (Lipinski definition) is 1. The van der Waals surface area contributed by atoms with Crippen LogP contribution in [0.3, 0.4) is 0 Å². The number of nitrogens with one attached hydrogen (secondary N) is 1. The summed E-state index contributed by atoms with van der Waals surface area (Å²) in [4.78, 5) is 14.1. The highest BCUT2D eigenvalue weighted by Crippen LogP contribution is 2.31. The third kappa shape index (κ3) is 5.11. The number of amides is 1. The van der Waals surface area contributed by atoms with E-state index in [1.165, 1.54) is 16.7 Å². The third-order valence-electron chi connectivity index (χ3n) is 3.01. The van der Waals surface area contributed by atoms with Crippen LogP contribution in [0.25, 0.3) is 0 Å². The maximum absolute atomic E-state index is 11.8. The summed E-state index contributed by atoms with van der Waals surface area (Å²) in [7, 11) is 0. The Labute approximate surface area is 124 Å². The van der Waals surface area contributed by atoms with Gasteiger partial charge in [-0.2, -0.15) is 0 Å². The lowest BCUT2D eigenvalue weighted by molar-refractivity contribution is 0.260. The molecular weight excluding hydrogens is 274 g/mol. The van der Waals surface area contributed by atoms with Gasteiger partial charge in [-0.1, -0.05) is 26.8 Å². The normalized spacial score (nSPS) is 21.5. The first-order valence-electron chi connectivity index (χ1n) is 6.76. The van der Waals surface area contributed by atoms with E-state index in [0.717, 1.165) is 17.1 Å². The van der Waals surface area contributed by atoms with Crippen molar-refractivity contribution in [2.45, 2.75) is 43.0 Å². The Bertz CT molecular complexity index is 448. The van der Waals surface area contributed by atoms with Crippen molar-refractivity contribution in [1.29, 1.82) is 0 Å². The van der Waals surface area contributed by atoms with Gasteiger partial charge in [-0.25, -0.2) is 0 Å². The van der Waals surface area contributed by atoms with Gasteiger partial charge in [-0.3, -0.25) is 4.79 Å². The quantitative estimate of drug-likeness (QED) is 0.802. The largest absolute Gasteiger partial charge is 0.344 e. The van der Waals surface area contributed by atoms with Gasteiger partial charge in [0.2, 0.25) is 0 Å². The minimum atomic E-state index is 0.0698. The molecule has 1 saturated carbocycles. The van der Waals surface area contributed by atoms with Gasteiger partial charge in [0.1, 0.15) is 0 Å². The molecule has 0 saturated heterocycles. The molecule has 1 aliphatic carbocycles. The Morgan fingerprint density at radius 1 is 1.42 bits per heavy atom. The molecule has 0 heterocycles. The predicted octanol–water partition coefficient (Wildman–Crippen LogP) is 4.64. The molecule has 2 unspecified atom stereocenters. The van der Waals surface area contributed by atoms with Gasteiger partial charge in [-0.15, -0.1) is 11.8 Å². The van der Waals surface area contributed by atoms with E-state index in [9.17, 15) is 4.79 Å². The molecule has 19 heavy (non-hydrogen) atoms. The van der Waals surface area contributed by atoms with Crippen molar-refractivity contribution >= 4 is 28.8 Å². The van der Waals surface area contributed by atoms with E-state index in [1.807, 2.05) is 23.9 Å². The Hall–Kier alpha value is -0.610. The number of thioether (sulfide) groups is 2. The molecule has 2 nitrogen and oxygen atoms in total. The van der Waals surface area contributed by atoms with E-state index in [4.69, 9.17) is 0 Å². The van der Waals surface area contributed by atoms with E-state index in [0.29, 0.717) is 17.9 Å². The predicted molar refractivity (Wildman–Crippen MR) is 84.0 cm³/mol. The van der Waals surface area contributed by atoms with Crippen LogP contribution in [0.5, 0.6) is 0 Å². The fourth-order valence-corrected chi connectivity index (χ4v) is 3.44. The van der Waals surface area contributed by atoms with E-state index in [-0.39, 0.29) is 5.24 Å². The van der Waals surface area contributed by atoms with Crippen LogP contribution in [0.1, 0.15) is 27.2 Å². The molecule has 0 radical (unpaired) electrons. The van der Waals surface area contributed by atoms with E-state index in [1.54, 1.807) is 0 Å². The number of hydrogen-bond acceptors (Lipinski definition) is 3. The highest BCUT2D eigenvalue weighted by Gasteiger charge is 2.33. The van der Waals surface area contributed by atoms with E-state index in [2.05, 4.69) is 38.2 Å². The molecule has 0 bridgehead atoms. The average molecular weight is 295 g/mol. The number of benzene rings is 1. The molecular formula is C15H21NOS2. The SMILES string of the molecule is CC(C)CSc1cccc(SC(=O)NC2CC2C)c1. The van der Waals surface area contributed by atoms with Crippen molar-refractivity contribution in [3.63, 3.8) is 0 Å². The minimum Gasteiger partial charge on any atom is -0.344 e. The first-order valence-corrected chi connectivity index (χ1v) is 8.56. The van der Waals surface area contributed by atoms with Gasteiger partial charge in [0.15, 0.2) is 0 Å². The van der Waals surface area contributed by atoms with Gasteiger partial charge >= 0.3 is 0 Å². The van der Waals surface area contributed by atoms with Crippen LogP contribution in [0, 0.1) is 11.8 Å². The summed E-state index contributed by atoms with van der Waals surface area (Å²) in [6, 6.07) is 8.64. The van der Waals surface area contributed by atoms with Crippen molar-refractivity contribution in [3.05, 3.63) is 24.3 Å². The van der Waals surface area contributed by atoms with E-state index >= 15 is 0 Å². The lowest BCUT2D eigenvalue weighted by Gasteiger charge is -2.07. The zero-order valence-electron chi connectivity index (χ0n) is 11.7. The molecule has 1 N–H and O–H groups in total. The second kappa shape index (κ2) is 6.71. The van der Waals surface area contributed by atoms with Gasteiger partial charge in [-0.05, 0) is 48.2 Å². The highest BCUT2D eigenvalue weighted by atomic mass is 32.2. The first-order chi connectivity index (χ1) is 9.04. The number of carbonyl (C=O) groups is 1. The van der Waals surface area contributed by atoms with Crippen molar-refractivity contribution in [2.75, 3.05) is 5.75 Å². The minimum absolute atomic E-state index is 0.0698. The summed E-state index contributed by atoms with van der Waals surface area (Å²) in [5, 5.41) is 3.11. The molecule has 0 aliphatic heterocycles. The zero-order valence-corrected chi connectivity index (χ0v) is 13.3. The Kier molecular flexibility index (Phi) is 5.22. The molecule has 104 valence electrons. The summed E-state index contributed by atoms with van der Waals surface area (Å²) in [5.41, 5.74) is 0. The molecule has 2 atom stereocenters. The smallest absolute Gasteiger partial charge is 0.284 e. The summed E-state index contributed by atoms with van der Waals surface area (Å²) in [6.45, 7) is 6.60. The third-order valence-corrected chi connectivity index (χ3v) is 5.23. The molecule has 1 aliphatic rings. The van der Waals surface area contributed by atoms with Crippen LogP contribution < -0.4 is 5.32 Å². The van der Waals surface area contributed by atoms with Crippen LogP contribution in [0.15, 0.2) is 34.1 Å². The summed E-state index contributed by atoms with van der Waals surface area (Å²) in [5.74, 6) is 2.44. The topological polar surface area (TPSA) is 29.1 Å². The molecule has 1 amide bonds. The van der Waals surface area contributed by atoms with Gasteiger partial charge in [0, 0.05) is 21.6 Å². The Morgan fingerprint density at radius 2 is 2.11 bits per heavy atom. The standard InChI is InChI=1S/C15H21NOS2/c1-10(2)9-18-12-5-4-6-13(8-12)19-15(17)16-14-7-11(14)3/h4-6,8,10-11,14H,7,9H2,1-3H3,(H,16,17). The molecule has 4 heteroatoms. The van der Waals surface area contributed by atoms with Gasteiger partial charge in [0.05, 0.1) is 0 Å². The molecule has 1 aromatic carbocycles. The van der Waals surface area contributed by atoms with Crippen LogP contribution >= 0.6 is 23.5 Å². The van der Waals surface area contributed by atoms with Crippen LogP contribution in [0.4, 0.5) is 4.79 Å².